The molecule has 0 aliphatic rings. The van der Waals surface area contributed by atoms with E-state index >= 15 is 0 Å². The van der Waals surface area contributed by atoms with Crippen molar-refractivity contribution in [1.82, 2.24) is 0 Å². The number of carbonyl (C=O) groups excluding carboxylic acids is 1. The highest BCUT2D eigenvalue weighted by Gasteiger charge is 2.40. The van der Waals surface area contributed by atoms with Crippen LogP contribution in [0.5, 0.6) is 0 Å². The molecule has 0 unspecified atom stereocenters. The second kappa shape index (κ2) is 12.0. The number of hydrogen-bond donors (Lipinski definition) is 0. The Labute approximate surface area is 178 Å². The maximum atomic E-state index is 13.5. The minimum Gasteiger partial charge on any atom is -0.297 e. The quantitative estimate of drug-likeness (QED) is 0.268. The molecule has 0 heterocycles. The first-order chi connectivity index (χ1) is 13.1. The molecular formula is C25H46OSi2. The van der Waals surface area contributed by atoms with Gasteiger partial charge in [0.15, 0.2) is 11.2 Å². The fraction of sp³-hybridized carbons (Fsp3) is 0.800. The van der Waals surface area contributed by atoms with Gasteiger partial charge in [-0.05, 0) is 48.1 Å². The summed E-state index contributed by atoms with van der Waals surface area (Å²) in [6, 6.07) is 6.94. The van der Waals surface area contributed by atoms with Gasteiger partial charge in [-0.2, -0.15) is 0 Å². The van der Waals surface area contributed by atoms with E-state index in [9.17, 15) is 4.79 Å². The van der Waals surface area contributed by atoms with Crippen LogP contribution in [0.3, 0.4) is 0 Å². The summed E-state index contributed by atoms with van der Waals surface area (Å²) < 4.78 is 0. The second-order valence-corrected chi connectivity index (χ2v) is 19.0. The van der Waals surface area contributed by atoms with Gasteiger partial charge in [-0.15, -0.1) is 11.1 Å². The molecule has 0 N–H and O–H groups in total. The normalized spacial score (nSPS) is 12.4. The first kappa shape index (κ1) is 27.2. The molecule has 0 atom stereocenters. The Hall–Kier alpha value is -0.776. The standard InChI is InChI=1S/C25H46OSi2/c1-11-27(12-2,13-3)19-17-25(23(9)10,24(26)21-22(7)8)18-20-28(14-4,15-5)16-6/h22-23H,11-16,21H2,1-10H3. The van der Waals surface area contributed by atoms with Crippen LogP contribution in [-0.4, -0.2) is 21.9 Å². The van der Waals surface area contributed by atoms with Gasteiger partial charge in [0, 0.05) is 6.42 Å². The summed E-state index contributed by atoms with van der Waals surface area (Å²) in [4.78, 5) is 13.5. The molecule has 0 aromatic heterocycles. The molecule has 0 fully saturated rings. The summed E-state index contributed by atoms with van der Waals surface area (Å²) in [7, 11) is -3.26. The zero-order valence-corrected chi connectivity index (χ0v) is 22.5. The van der Waals surface area contributed by atoms with Crippen LogP contribution in [0.1, 0.15) is 75.7 Å². The maximum absolute atomic E-state index is 13.5. The molecule has 0 aromatic rings. The maximum Gasteiger partial charge on any atom is 0.163 e. The first-order valence-electron chi connectivity index (χ1n) is 11.7. The van der Waals surface area contributed by atoms with Crippen molar-refractivity contribution < 1.29 is 4.79 Å². The lowest BCUT2D eigenvalue weighted by Crippen LogP contribution is -2.38. The zero-order valence-electron chi connectivity index (χ0n) is 20.5. The molecule has 0 aliphatic carbocycles. The van der Waals surface area contributed by atoms with Gasteiger partial charge in [0.2, 0.25) is 0 Å². The molecule has 28 heavy (non-hydrogen) atoms. The minimum absolute atomic E-state index is 0.119. The number of carbonyl (C=O) groups is 1. The summed E-state index contributed by atoms with van der Waals surface area (Å²) in [5.74, 6) is 7.88. The topological polar surface area (TPSA) is 17.1 Å². The fourth-order valence-corrected chi connectivity index (χ4v) is 8.79. The smallest absolute Gasteiger partial charge is 0.163 e. The third-order valence-corrected chi connectivity index (χ3v) is 16.4. The SMILES string of the molecule is CC[Si](C#CC(C#C[Si](CC)(CC)CC)(C(=O)CC(C)C)C(C)C)(CC)CC. The third-order valence-electron chi connectivity index (χ3n) is 7.01. The predicted molar refractivity (Wildman–Crippen MR) is 132 cm³/mol. The van der Waals surface area contributed by atoms with Crippen LogP contribution in [-0.2, 0) is 4.79 Å². The molecule has 0 amide bonds. The molecule has 0 aromatic carbocycles. The fourth-order valence-electron chi connectivity index (χ4n) is 3.81. The first-order valence-corrected chi connectivity index (χ1v) is 16.9. The minimum atomic E-state index is -1.63. The van der Waals surface area contributed by atoms with Gasteiger partial charge in [0.05, 0.1) is 0 Å². The monoisotopic (exact) mass is 418 g/mol. The lowest BCUT2D eigenvalue weighted by Gasteiger charge is -2.30. The Morgan fingerprint density at radius 1 is 0.714 bits per heavy atom. The Bertz CT molecular complexity index is 547. The van der Waals surface area contributed by atoms with Crippen LogP contribution in [0.4, 0.5) is 0 Å². The van der Waals surface area contributed by atoms with E-state index in [2.05, 4.69) is 92.2 Å². The summed E-state index contributed by atoms with van der Waals surface area (Å²) in [6.45, 7) is 22.2. The van der Waals surface area contributed by atoms with Gasteiger partial charge >= 0.3 is 0 Å². The zero-order chi connectivity index (χ0) is 22.0. The van der Waals surface area contributed by atoms with Gasteiger partial charge in [-0.3, -0.25) is 4.79 Å². The average molecular weight is 419 g/mol. The predicted octanol–water partition coefficient (Wildman–Crippen LogP) is 7.35. The molecule has 0 aliphatic heterocycles. The summed E-state index contributed by atoms with van der Waals surface area (Å²) in [5.41, 5.74) is 6.67. The molecule has 0 saturated carbocycles. The summed E-state index contributed by atoms with van der Waals surface area (Å²) in [5, 5.41) is 0. The van der Waals surface area contributed by atoms with Crippen molar-refractivity contribution in [3.05, 3.63) is 0 Å². The highest BCUT2D eigenvalue weighted by Crippen LogP contribution is 2.32. The van der Waals surface area contributed by atoms with Gasteiger partial charge in [-0.1, -0.05) is 81.1 Å². The highest BCUT2D eigenvalue weighted by atomic mass is 28.3. The molecule has 1 nitrogen and oxygen atoms in total. The average Bonchev–Trinajstić information content (AvgIpc) is 2.68. The van der Waals surface area contributed by atoms with Crippen molar-refractivity contribution in [3.63, 3.8) is 0 Å². The van der Waals surface area contributed by atoms with E-state index in [1.54, 1.807) is 0 Å². The van der Waals surface area contributed by atoms with Gasteiger partial charge in [-0.25, -0.2) is 0 Å². The van der Waals surface area contributed by atoms with Crippen molar-refractivity contribution >= 4 is 21.9 Å². The van der Waals surface area contributed by atoms with E-state index in [4.69, 9.17) is 0 Å². The number of Topliss-reactive ketones (excluding diaryl/α,β-unsaturated/α-hetero) is 1. The lowest BCUT2D eigenvalue weighted by molar-refractivity contribution is -0.125. The molecule has 3 heteroatoms. The third kappa shape index (κ3) is 6.64. The second-order valence-electron chi connectivity index (χ2n) is 9.17. The van der Waals surface area contributed by atoms with E-state index in [-0.39, 0.29) is 11.7 Å². The largest absolute Gasteiger partial charge is 0.297 e. The molecule has 0 bridgehead atoms. The van der Waals surface area contributed by atoms with Crippen molar-refractivity contribution in [2.45, 2.75) is 112 Å². The van der Waals surface area contributed by atoms with Gasteiger partial charge < -0.3 is 0 Å². The van der Waals surface area contributed by atoms with E-state index < -0.39 is 21.6 Å². The Morgan fingerprint density at radius 2 is 1.04 bits per heavy atom. The van der Waals surface area contributed by atoms with E-state index in [1.165, 1.54) is 0 Å². The molecule has 0 saturated heterocycles. The summed E-state index contributed by atoms with van der Waals surface area (Å²) >= 11 is 0. The van der Waals surface area contributed by atoms with Crippen molar-refractivity contribution in [3.8, 4) is 22.9 Å². The van der Waals surface area contributed by atoms with Crippen molar-refractivity contribution in [2.24, 2.45) is 17.3 Å². The Morgan fingerprint density at radius 3 is 1.25 bits per heavy atom. The van der Waals surface area contributed by atoms with Gasteiger partial charge in [0.25, 0.3) is 0 Å². The summed E-state index contributed by atoms with van der Waals surface area (Å²) in [6.07, 6.45) is 0.569. The molecular weight excluding hydrogens is 372 g/mol. The van der Waals surface area contributed by atoms with E-state index in [0.29, 0.717) is 12.3 Å². The van der Waals surface area contributed by atoms with Crippen LogP contribution in [0.2, 0.25) is 36.3 Å². The Balaban J connectivity index is 6.66. The van der Waals surface area contributed by atoms with Gasteiger partial charge in [0.1, 0.15) is 16.1 Å². The lowest BCUT2D eigenvalue weighted by atomic mass is 9.73. The van der Waals surface area contributed by atoms with E-state index in [0.717, 1.165) is 36.3 Å². The number of ketones is 1. The van der Waals surface area contributed by atoms with Crippen LogP contribution >= 0.6 is 0 Å². The number of rotatable bonds is 10. The Kier molecular flexibility index (Phi) is 11.7. The molecule has 0 spiro atoms. The molecule has 0 rings (SSSR count). The van der Waals surface area contributed by atoms with Crippen molar-refractivity contribution in [2.75, 3.05) is 0 Å². The molecule has 160 valence electrons. The van der Waals surface area contributed by atoms with Crippen LogP contribution in [0.15, 0.2) is 0 Å². The highest BCUT2D eigenvalue weighted by molar-refractivity contribution is 6.87. The van der Waals surface area contributed by atoms with E-state index in [1.807, 2.05) is 0 Å². The van der Waals surface area contributed by atoms with Crippen molar-refractivity contribution in [1.29, 1.82) is 0 Å². The van der Waals surface area contributed by atoms with Crippen LogP contribution < -0.4 is 0 Å². The van der Waals surface area contributed by atoms with Crippen LogP contribution in [0, 0.1) is 40.2 Å². The molecule has 0 radical (unpaired) electrons. The van der Waals surface area contributed by atoms with Crippen LogP contribution in [0.25, 0.3) is 0 Å². The number of hydrogen-bond acceptors (Lipinski definition) is 1.